The molecule has 0 saturated heterocycles. The summed E-state index contributed by atoms with van der Waals surface area (Å²) < 4.78 is 16.3. The largest absolute Gasteiger partial charge is 0.467 e. The zero-order valence-corrected chi connectivity index (χ0v) is 15.1. The minimum atomic E-state index is -0.436. The lowest BCUT2D eigenvalue weighted by atomic mass is 9.96. The highest BCUT2D eigenvalue weighted by atomic mass is 79.9. The van der Waals surface area contributed by atoms with Gasteiger partial charge in [-0.2, -0.15) is 0 Å². The van der Waals surface area contributed by atoms with Crippen molar-refractivity contribution < 1.29 is 24.1 Å². The third-order valence-corrected chi connectivity index (χ3v) is 4.25. The highest BCUT2D eigenvalue weighted by Gasteiger charge is 2.16. The second-order valence-electron chi connectivity index (χ2n) is 4.99. The predicted octanol–water partition coefficient (Wildman–Crippen LogP) is 3.42. The average molecular weight is 395 g/mol. The quantitative estimate of drug-likeness (QED) is 0.575. The van der Waals surface area contributed by atoms with E-state index in [0.29, 0.717) is 17.7 Å². The summed E-state index contributed by atoms with van der Waals surface area (Å²) in [7, 11) is 2.86. The van der Waals surface area contributed by atoms with E-state index in [1.165, 1.54) is 14.2 Å². The van der Waals surface area contributed by atoms with Crippen LogP contribution in [-0.4, -0.2) is 38.7 Å². The van der Waals surface area contributed by atoms with Gasteiger partial charge < -0.3 is 19.3 Å². The monoisotopic (exact) mass is 394 g/mol. The molecule has 0 spiro atoms. The topological polar surface area (TPSA) is 65.0 Å². The molecule has 0 aliphatic rings. The van der Waals surface area contributed by atoms with Crippen LogP contribution in [0.1, 0.15) is 15.9 Å². The second-order valence-corrected chi connectivity index (χ2v) is 5.85. The second kappa shape index (κ2) is 8.82. The van der Waals surface area contributed by atoms with E-state index in [9.17, 15) is 9.90 Å². The lowest BCUT2D eigenvalue weighted by Gasteiger charge is -2.16. The number of hydrogen-bond acceptors (Lipinski definition) is 5. The fourth-order valence-corrected chi connectivity index (χ4v) is 2.97. The van der Waals surface area contributed by atoms with Crippen LogP contribution in [0.5, 0.6) is 5.75 Å². The highest BCUT2D eigenvalue weighted by Crippen LogP contribution is 2.36. The Morgan fingerprint density at radius 1 is 1.17 bits per heavy atom. The number of carbonyl (C=O) groups excluding carboxylic acids is 1. The summed E-state index contributed by atoms with van der Waals surface area (Å²) >= 11 is 3.52. The summed E-state index contributed by atoms with van der Waals surface area (Å²) in [6.45, 7) is 0.0884. The van der Waals surface area contributed by atoms with Crippen LogP contribution in [0.15, 0.2) is 40.9 Å². The Hall–Kier alpha value is -1.89. The van der Waals surface area contributed by atoms with Gasteiger partial charge in [-0.15, -0.1) is 0 Å². The van der Waals surface area contributed by atoms with Crippen molar-refractivity contribution in [2.75, 3.05) is 27.6 Å². The first-order chi connectivity index (χ1) is 11.6. The van der Waals surface area contributed by atoms with Gasteiger partial charge in [0.25, 0.3) is 0 Å². The van der Waals surface area contributed by atoms with E-state index in [2.05, 4.69) is 15.9 Å². The maximum Gasteiger partial charge on any atom is 0.337 e. The first kappa shape index (κ1) is 18.4. The van der Waals surface area contributed by atoms with E-state index in [1.807, 2.05) is 18.2 Å². The number of benzene rings is 2. The summed E-state index contributed by atoms with van der Waals surface area (Å²) in [5.74, 6) is 0.0747. The lowest BCUT2D eigenvalue weighted by Crippen LogP contribution is -2.05. The standard InChI is InChI=1S/C18H19BrO5/c1-22-11-24-17-10-12(18(21)23-2)6-7-15(17)13-4-3-5-16(19)14(13)8-9-20/h3-7,10,20H,8-9,11H2,1-2H3. The molecule has 5 nitrogen and oxygen atoms in total. The van der Waals surface area contributed by atoms with Crippen LogP contribution < -0.4 is 4.74 Å². The molecule has 0 aromatic heterocycles. The van der Waals surface area contributed by atoms with Gasteiger partial charge in [-0.05, 0) is 41.8 Å². The van der Waals surface area contributed by atoms with Crippen molar-refractivity contribution in [3.8, 4) is 16.9 Å². The number of hydrogen-bond donors (Lipinski definition) is 1. The van der Waals surface area contributed by atoms with Crippen LogP contribution in [0, 0.1) is 0 Å². The third kappa shape index (κ3) is 4.14. The van der Waals surface area contributed by atoms with Crippen molar-refractivity contribution in [1.82, 2.24) is 0 Å². The fraction of sp³-hybridized carbons (Fsp3) is 0.278. The molecule has 0 heterocycles. The van der Waals surface area contributed by atoms with Crippen molar-refractivity contribution >= 4 is 21.9 Å². The molecular weight excluding hydrogens is 376 g/mol. The number of carbonyl (C=O) groups is 1. The molecule has 2 aromatic rings. The normalized spacial score (nSPS) is 10.5. The number of rotatable bonds is 7. The van der Waals surface area contributed by atoms with E-state index < -0.39 is 5.97 Å². The minimum absolute atomic E-state index is 0.0319. The van der Waals surface area contributed by atoms with E-state index in [-0.39, 0.29) is 13.4 Å². The van der Waals surface area contributed by atoms with E-state index in [4.69, 9.17) is 14.2 Å². The van der Waals surface area contributed by atoms with Crippen molar-refractivity contribution in [3.63, 3.8) is 0 Å². The average Bonchev–Trinajstić information content (AvgIpc) is 2.61. The molecular formula is C18H19BrO5. The van der Waals surface area contributed by atoms with Crippen LogP contribution in [0.25, 0.3) is 11.1 Å². The molecule has 0 radical (unpaired) electrons. The van der Waals surface area contributed by atoms with Gasteiger partial charge in [-0.25, -0.2) is 4.79 Å². The van der Waals surface area contributed by atoms with Gasteiger partial charge in [0.05, 0.1) is 12.7 Å². The molecule has 128 valence electrons. The molecule has 0 aliphatic heterocycles. The van der Waals surface area contributed by atoms with Crippen LogP contribution in [0.3, 0.4) is 0 Å². The SMILES string of the molecule is COCOc1cc(C(=O)OC)ccc1-c1cccc(Br)c1CCO. The Balaban J connectivity index is 2.56. The van der Waals surface area contributed by atoms with Crippen molar-refractivity contribution in [3.05, 3.63) is 52.0 Å². The molecule has 0 amide bonds. The molecule has 6 heteroatoms. The van der Waals surface area contributed by atoms with Gasteiger partial charge in [-0.1, -0.05) is 28.1 Å². The molecule has 0 aliphatic carbocycles. The van der Waals surface area contributed by atoms with Crippen molar-refractivity contribution in [2.45, 2.75) is 6.42 Å². The van der Waals surface area contributed by atoms with E-state index >= 15 is 0 Å². The number of aliphatic hydroxyl groups is 1. The zero-order chi connectivity index (χ0) is 17.5. The van der Waals surface area contributed by atoms with Crippen LogP contribution in [-0.2, 0) is 15.9 Å². The third-order valence-electron chi connectivity index (χ3n) is 3.51. The first-order valence-corrected chi connectivity index (χ1v) is 8.14. The van der Waals surface area contributed by atoms with Gasteiger partial charge in [0.15, 0.2) is 6.79 Å². The molecule has 0 atom stereocenters. The number of halogens is 1. The van der Waals surface area contributed by atoms with Gasteiger partial charge >= 0.3 is 5.97 Å². The summed E-state index contributed by atoms with van der Waals surface area (Å²) in [4.78, 5) is 11.8. The molecule has 0 unspecified atom stereocenters. The molecule has 0 fully saturated rings. The summed E-state index contributed by atoms with van der Waals surface area (Å²) in [5, 5.41) is 9.34. The van der Waals surface area contributed by atoms with Crippen molar-refractivity contribution in [1.29, 1.82) is 0 Å². The minimum Gasteiger partial charge on any atom is -0.467 e. The Bertz CT molecular complexity index is 715. The van der Waals surface area contributed by atoms with Gasteiger partial charge in [0.2, 0.25) is 0 Å². The number of ether oxygens (including phenoxy) is 3. The molecule has 2 rings (SSSR count). The number of aliphatic hydroxyl groups excluding tert-OH is 1. The molecule has 2 aromatic carbocycles. The molecule has 0 bridgehead atoms. The summed E-state index contributed by atoms with van der Waals surface area (Å²) in [5.41, 5.74) is 3.09. The number of methoxy groups -OCH3 is 2. The van der Waals surface area contributed by atoms with Crippen LogP contribution >= 0.6 is 15.9 Å². The Morgan fingerprint density at radius 2 is 1.96 bits per heavy atom. The summed E-state index contributed by atoms with van der Waals surface area (Å²) in [6, 6.07) is 10.9. The maximum atomic E-state index is 11.8. The van der Waals surface area contributed by atoms with E-state index in [0.717, 1.165) is 21.2 Å². The van der Waals surface area contributed by atoms with E-state index in [1.54, 1.807) is 18.2 Å². The molecule has 0 saturated carbocycles. The Kier molecular flexibility index (Phi) is 6.78. The Morgan fingerprint density at radius 3 is 2.62 bits per heavy atom. The maximum absolute atomic E-state index is 11.8. The predicted molar refractivity (Wildman–Crippen MR) is 94.2 cm³/mol. The molecule has 24 heavy (non-hydrogen) atoms. The van der Waals surface area contributed by atoms with Gasteiger partial charge in [0.1, 0.15) is 5.75 Å². The number of esters is 1. The van der Waals surface area contributed by atoms with Gasteiger partial charge in [0, 0.05) is 23.8 Å². The Labute approximate surface area is 149 Å². The first-order valence-electron chi connectivity index (χ1n) is 7.35. The zero-order valence-electron chi connectivity index (χ0n) is 13.5. The van der Waals surface area contributed by atoms with Gasteiger partial charge in [-0.3, -0.25) is 0 Å². The molecule has 1 N–H and O–H groups in total. The highest BCUT2D eigenvalue weighted by molar-refractivity contribution is 9.10. The van der Waals surface area contributed by atoms with Crippen molar-refractivity contribution in [2.24, 2.45) is 0 Å². The van der Waals surface area contributed by atoms with Crippen LogP contribution in [0.2, 0.25) is 0 Å². The smallest absolute Gasteiger partial charge is 0.337 e. The lowest BCUT2D eigenvalue weighted by molar-refractivity contribution is 0.0507. The van der Waals surface area contributed by atoms with Crippen LogP contribution in [0.4, 0.5) is 0 Å². The summed E-state index contributed by atoms with van der Waals surface area (Å²) in [6.07, 6.45) is 0.499. The fourth-order valence-electron chi connectivity index (χ4n) is 2.41.